The van der Waals surface area contributed by atoms with Crippen LogP contribution in [0.1, 0.15) is 33.1 Å². The van der Waals surface area contributed by atoms with E-state index in [1.807, 2.05) is 0 Å². The summed E-state index contributed by atoms with van der Waals surface area (Å²) in [7, 11) is 0. The van der Waals surface area contributed by atoms with E-state index in [4.69, 9.17) is 4.74 Å². The van der Waals surface area contributed by atoms with Gasteiger partial charge in [-0.3, -0.25) is 4.79 Å². The third-order valence-electron chi connectivity index (χ3n) is 3.79. The quantitative estimate of drug-likeness (QED) is 0.726. The van der Waals surface area contributed by atoms with E-state index in [1.165, 1.54) is 19.3 Å². The molecule has 4 unspecified atom stereocenters. The molecule has 2 rings (SSSR count). The lowest BCUT2D eigenvalue weighted by Gasteiger charge is -2.17. The Morgan fingerprint density at radius 3 is 2.82 bits per heavy atom. The van der Waals surface area contributed by atoms with Crippen LogP contribution in [0, 0.1) is 11.8 Å². The third-order valence-corrected chi connectivity index (χ3v) is 3.79. The molecule has 2 fully saturated rings. The fourth-order valence-corrected chi connectivity index (χ4v) is 2.68. The molecule has 4 atom stereocenters. The molecule has 2 N–H and O–H groups in total. The summed E-state index contributed by atoms with van der Waals surface area (Å²) in [5.41, 5.74) is 0. The van der Waals surface area contributed by atoms with Crippen LogP contribution in [0.2, 0.25) is 0 Å². The first-order valence-corrected chi connectivity index (χ1v) is 6.87. The van der Waals surface area contributed by atoms with E-state index in [2.05, 4.69) is 24.5 Å². The van der Waals surface area contributed by atoms with Crippen molar-refractivity contribution in [3.05, 3.63) is 0 Å². The third kappa shape index (κ3) is 3.19. The summed E-state index contributed by atoms with van der Waals surface area (Å²) >= 11 is 0. The lowest BCUT2D eigenvalue weighted by Crippen LogP contribution is -2.44. The Labute approximate surface area is 103 Å². The van der Waals surface area contributed by atoms with Gasteiger partial charge in [-0.15, -0.1) is 0 Å². The average molecular weight is 240 g/mol. The summed E-state index contributed by atoms with van der Waals surface area (Å²) < 4.78 is 5.40. The summed E-state index contributed by atoms with van der Waals surface area (Å²) in [6.07, 6.45) is 3.62. The number of carbonyl (C=O) groups is 1. The van der Waals surface area contributed by atoms with Gasteiger partial charge in [-0.25, -0.2) is 0 Å². The zero-order valence-electron chi connectivity index (χ0n) is 10.9. The highest BCUT2D eigenvalue weighted by Gasteiger charge is 2.40. The predicted octanol–water partition coefficient (Wildman–Crippen LogP) is 0.916. The Hall–Kier alpha value is -0.610. The van der Waals surface area contributed by atoms with Crippen molar-refractivity contribution in [2.24, 2.45) is 11.8 Å². The zero-order chi connectivity index (χ0) is 12.3. The summed E-state index contributed by atoms with van der Waals surface area (Å²) in [5.74, 6) is 0.902. The fraction of sp³-hybridized carbons (Fsp3) is 0.923. The van der Waals surface area contributed by atoms with Crippen molar-refractivity contribution < 1.29 is 9.53 Å². The van der Waals surface area contributed by atoms with Crippen molar-refractivity contribution in [2.45, 2.75) is 45.2 Å². The van der Waals surface area contributed by atoms with Crippen LogP contribution in [-0.4, -0.2) is 37.7 Å². The molecular weight excluding hydrogens is 216 g/mol. The second kappa shape index (κ2) is 5.83. The number of ether oxygens (including phenoxy) is 1. The van der Waals surface area contributed by atoms with Crippen LogP contribution in [0.5, 0.6) is 0 Å². The Morgan fingerprint density at radius 2 is 2.12 bits per heavy atom. The molecule has 0 aromatic carbocycles. The van der Waals surface area contributed by atoms with E-state index in [1.54, 1.807) is 0 Å². The molecule has 4 heteroatoms. The highest BCUT2D eigenvalue weighted by atomic mass is 16.5. The van der Waals surface area contributed by atoms with Gasteiger partial charge < -0.3 is 15.4 Å². The van der Waals surface area contributed by atoms with Crippen LogP contribution in [0.15, 0.2) is 0 Å². The number of hydrogen-bond acceptors (Lipinski definition) is 3. The van der Waals surface area contributed by atoms with Crippen molar-refractivity contribution in [2.75, 3.05) is 19.8 Å². The molecule has 0 aromatic rings. The summed E-state index contributed by atoms with van der Waals surface area (Å²) in [6.45, 7) is 6.37. The van der Waals surface area contributed by atoms with Gasteiger partial charge in [0.2, 0.25) is 5.91 Å². The van der Waals surface area contributed by atoms with Crippen molar-refractivity contribution in [1.82, 2.24) is 10.6 Å². The predicted molar refractivity (Wildman–Crippen MR) is 66.7 cm³/mol. The monoisotopic (exact) mass is 240 g/mol. The Bertz CT molecular complexity index is 270. The minimum Gasteiger partial charge on any atom is -0.379 e. The number of hydrogen-bond donors (Lipinski definition) is 2. The van der Waals surface area contributed by atoms with Crippen LogP contribution >= 0.6 is 0 Å². The van der Waals surface area contributed by atoms with Gasteiger partial charge in [0.05, 0.1) is 19.1 Å². The topological polar surface area (TPSA) is 50.4 Å². The first kappa shape index (κ1) is 12.8. The van der Waals surface area contributed by atoms with Crippen LogP contribution in [-0.2, 0) is 9.53 Å². The maximum atomic E-state index is 12.1. The number of nitrogens with one attached hydrogen (secondary N) is 2. The minimum atomic E-state index is -0.00201. The molecule has 17 heavy (non-hydrogen) atoms. The van der Waals surface area contributed by atoms with Crippen LogP contribution in [0.3, 0.4) is 0 Å². The van der Waals surface area contributed by atoms with Crippen molar-refractivity contribution in [3.8, 4) is 0 Å². The molecule has 1 saturated carbocycles. The molecule has 1 aliphatic heterocycles. The normalized spacial score (nSPS) is 35.9. The number of rotatable bonds is 6. The highest BCUT2D eigenvalue weighted by Crippen LogP contribution is 2.34. The van der Waals surface area contributed by atoms with Gasteiger partial charge in [0.1, 0.15) is 0 Å². The van der Waals surface area contributed by atoms with Crippen molar-refractivity contribution >= 4 is 5.91 Å². The maximum Gasteiger partial charge on any atom is 0.227 e. The number of likely N-dealkylation sites (N-methyl/N-ethyl adjacent to an activating group) is 1. The number of amides is 1. The first-order chi connectivity index (χ1) is 8.26. The molecular formula is C13H24N2O2. The van der Waals surface area contributed by atoms with E-state index < -0.39 is 0 Å². The lowest BCUT2D eigenvalue weighted by atomic mass is 10.0. The number of carbonyl (C=O) groups excluding carboxylic acids is 1. The molecule has 1 saturated heterocycles. The molecule has 1 amide bonds. The molecule has 2 aliphatic rings. The largest absolute Gasteiger partial charge is 0.379 e. The molecule has 98 valence electrons. The van der Waals surface area contributed by atoms with E-state index in [9.17, 15) is 4.79 Å². The van der Waals surface area contributed by atoms with Gasteiger partial charge >= 0.3 is 0 Å². The molecule has 0 spiro atoms. The Morgan fingerprint density at radius 1 is 1.29 bits per heavy atom. The van der Waals surface area contributed by atoms with Gasteiger partial charge in [0.15, 0.2) is 0 Å². The zero-order valence-corrected chi connectivity index (χ0v) is 10.9. The van der Waals surface area contributed by atoms with Gasteiger partial charge in [-0.05, 0) is 25.3 Å². The van der Waals surface area contributed by atoms with E-state index >= 15 is 0 Å². The average Bonchev–Trinajstić information content (AvgIpc) is 2.86. The first-order valence-electron chi connectivity index (χ1n) is 6.87. The summed E-state index contributed by atoms with van der Waals surface area (Å²) in [5, 5.41) is 6.48. The lowest BCUT2D eigenvalue weighted by molar-refractivity contribution is -0.125. The maximum absolute atomic E-state index is 12.1. The van der Waals surface area contributed by atoms with Gasteiger partial charge in [0.25, 0.3) is 0 Å². The van der Waals surface area contributed by atoms with E-state index in [-0.39, 0.29) is 17.9 Å². The Kier molecular flexibility index (Phi) is 4.40. The van der Waals surface area contributed by atoms with Gasteiger partial charge in [-0.1, -0.05) is 20.3 Å². The summed E-state index contributed by atoms with van der Waals surface area (Å²) in [6, 6.07) is 0.633. The van der Waals surface area contributed by atoms with E-state index in [0.717, 1.165) is 12.5 Å². The minimum absolute atomic E-state index is 0.00201. The molecule has 1 aliphatic carbocycles. The van der Waals surface area contributed by atoms with Gasteiger partial charge in [-0.2, -0.15) is 0 Å². The van der Waals surface area contributed by atoms with Crippen LogP contribution in [0.25, 0.3) is 0 Å². The van der Waals surface area contributed by atoms with Gasteiger partial charge in [0, 0.05) is 12.1 Å². The molecule has 4 nitrogen and oxygen atoms in total. The van der Waals surface area contributed by atoms with E-state index in [0.29, 0.717) is 19.3 Å². The second-order valence-corrected chi connectivity index (χ2v) is 5.21. The smallest absolute Gasteiger partial charge is 0.227 e. The molecule has 0 radical (unpaired) electrons. The fourth-order valence-electron chi connectivity index (χ4n) is 2.68. The molecule has 0 aromatic heterocycles. The second-order valence-electron chi connectivity index (χ2n) is 5.21. The van der Waals surface area contributed by atoms with Crippen LogP contribution < -0.4 is 10.6 Å². The van der Waals surface area contributed by atoms with Crippen molar-refractivity contribution in [1.29, 1.82) is 0 Å². The summed E-state index contributed by atoms with van der Waals surface area (Å²) in [4.78, 5) is 12.1. The van der Waals surface area contributed by atoms with Crippen LogP contribution in [0.4, 0.5) is 0 Å². The molecule has 0 bridgehead atoms. The SMILES string of the molecule is CCCC1CC1NC(=O)C1COCC1NCC. The highest BCUT2D eigenvalue weighted by molar-refractivity contribution is 5.80. The van der Waals surface area contributed by atoms with Crippen molar-refractivity contribution in [3.63, 3.8) is 0 Å². The Balaban J connectivity index is 1.76. The molecule has 1 heterocycles. The standard InChI is InChI=1S/C13H24N2O2/c1-3-5-9-6-11(9)15-13(16)10-7-17-8-12(10)14-4-2/h9-12,14H,3-8H2,1-2H3,(H,15,16).